The van der Waals surface area contributed by atoms with Crippen LogP contribution < -0.4 is 9.62 Å². The Balaban J connectivity index is 2.40. The summed E-state index contributed by atoms with van der Waals surface area (Å²) in [7, 11) is -2.31. The molecule has 0 fully saturated rings. The first-order valence-corrected chi connectivity index (χ1v) is 12.0. The highest BCUT2D eigenvalue weighted by atomic mass is 35.5. The summed E-state index contributed by atoms with van der Waals surface area (Å²) >= 11 is 11.9. The molecule has 0 aliphatic heterocycles. The zero-order chi connectivity index (χ0) is 23.3. The van der Waals surface area contributed by atoms with Gasteiger partial charge in [-0.25, -0.2) is 8.42 Å². The van der Waals surface area contributed by atoms with Gasteiger partial charge in [0.2, 0.25) is 21.8 Å². The predicted octanol–water partition coefficient (Wildman–Crippen LogP) is 3.23. The van der Waals surface area contributed by atoms with Crippen LogP contribution in [0.1, 0.15) is 18.1 Å². The van der Waals surface area contributed by atoms with Crippen LogP contribution in [0.2, 0.25) is 10.0 Å². The number of sulfonamides is 1. The predicted molar refractivity (Wildman–Crippen MR) is 124 cm³/mol. The van der Waals surface area contributed by atoms with Crippen molar-refractivity contribution in [1.82, 2.24) is 10.2 Å². The summed E-state index contributed by atoms with van der Waals surface area (Å²) in [5.74, 6) is -0.887. The van der Waals surface area contributed by atoms with Crippen LogP contribution in [0.5, 0.6) is 0 Å². The molecular weight excluding hydrogens is 461 g/mol. The molecule has 31 heavy (non-hydrogen) atoms. The van der Waals surface area contributed by atoms with E-state index in [0.29, 0.717) is 21.3 Å². The Bertz CT molecular complexity index is 1060. The summed E-state index contributed by atoms with van der Waals surface area (Å²) in [5.41, 5.74) is 1.70. The summed E-state index contributed by atoms with van der Waals surface area (Å²) in [6.07, 6.45) is 1.03. The Hall–Kier alpha value is -2.29. The highest BCUT2D eigenvalue weighted by molar-refractivity contribution is 7.92. The minimum absolute atomic E-state index is 0.113. The van der Waals surface area contributed by atoms with E-state index in [9.17, 15) is 18.0 Å². The van der Waals surface area contributed by atoms with Gasteiger partial charge in [-0.05, 0) is 55.3 Å². The molecular formula is C21H25Cl2N3O4S. The van der Waals surface area contributed by atoms with Crippen molar-refractivity contribution in [3.8, 4) is 0 Å². The van der Waals surface area contributed by atoms with Gasteiger partial charge in [0.25, 0.3) is 0 Å². The van der Waals surface area contributed by atoms with Crippen LogP contribution in [0.25, 0.3) is 0 Å². The Kier molecular flexibility index (Phi) is 8.34. The molecule has 0 radical (unpaired) electrons. The molecule has 1 unspecified atom stereocenters. The van der Waals surface area contributed by atoms with Gasteiger partial charge in [-0.2, -0.15) is 0 Å². The van der Waals surface area contributed by atoms with Crippen molar-refractivity contribution in [3.63, 3.8) is 0 Å². The van der Waals surface area contributed by atoms with Gasteiger partial charge in [-0.3, -0.25) is 13.9 Å². The van der Waals surface area contributed by atoms with Crippen molar-refractivity contribution >= 4 is 50.7 Å². The molecule has 0 heterocycles. The minimum Gasteiger partial charge on any atom is -0.357 e. The van der Waals surface area contributed by atoms with E-state index >= 15 is 0 Å². The molecule has 2 aromatic rings. The zero-order valence-corrected chi connectivity index (χ0v) is 20.1. The second-order valence-electron chi connectivity index (χ2n) is 7.14. The fourth-order valence-corrected chi connectivity index (χ4v) is 4.33. The van der Waals surface area contributed by atoms with Crippen molar-refractivity contribution in [2.75, 3.05) is 24.2 Å². The van der Waals surface area contributed by atoms with Crippen molar-refractivity contribution < 1.29 is 18.0 Å². The molecule has 10 heteroatoms. The molecule has 1 atom stereocenters. The van der Waals surface area contributed by atoms with Gasteiger partial charge in [-0.1, -0.05) is 35.3 Å². The van der Waals surface area contributed by atoms with E-state index in [0.717, 1.165) is 16.1 Å². The quantitative estimate of drug-likeness (QED) is 0.621. The molecule has 0 saturated carbocycles. The summed E-state index contributed by atoms with van der Waals surface area (Å²) in [5, 5.41) is 3.53. The number of hydrogen-bond acceptors (Lipinski definition) is 4. The summed E-state index contributed by atoms with van der Waals surface area (Å²) in [4.78, 5) is 26.9. The molecule has 0 spiro atoms. The van der Waals surface area contributed by atoms with Gasteiger partial charge >= 0.3 is 0 Å². The lowest BCUT2D eigenvalue weighted by molar-refractivity contribution is -0.139. The number of anilines is 1. The SMILES string of the molecule is CNC(=O)C(C)N(Cc1ccc(Cl)cc1)C(=O)CN(c1ccc(Cl)cc1C)S(C)(=O)=O. The molecule has 2 amide bonds. The monoisotopic (exact) mass is 485 g/mol. The maximum atomic E-state index is 13.3. The number of nitrogens with one attached hydrogen (secondary N) is 1. The van der Waals surface area contributed by atoms with E-state index in [1.165, 1.54) is 11.9 Å². The third-order valence-electron chi connectivity index (χ3n) is 4.79. The van der Waals surface area contributed by atoms with E-state index in [1.54, 1.807) is 56.3 Å². The minimum atomic E-state index is -3.79. The van der Waals surface area contributed by atoms with E-state index in [4.69, 9.17) is 23.2 Å². The van der Waals surface area contributed by atoms with E-state index in [1.807, 2.05) is 0 Å². The van der Waals surface area contributed by atoms with Crippen LogP contribution in [0.3, 0.4) is 0 Å². The first-order valence-electron chi connectivity index (χ1n) is 9.43. The van der Waals surface area contributed by atoms with Gasteiger partial charge in [0.1, 0.15) is 12.6 Å². The topological polar surface area (TPSA) is 86.8 Å². The number of aryl methyl sites for hydroxylation is 1. The van der Waals surface area contributed by atoms with Gasteiger partial charge in [0.05, 0.1) is 11.9 Å². The molecule has 2 rings (SSSR count). The molecule has 0 aliphatic rings. The Morgan fingerprint density at radius 1 is 1.06 bits per heavy atom. The summed E-state index contributed by atoms with van der Waals surface area (Å²) in [6, 6.07) is 10.8. The summed E-state index contributed by atoms with van der Waals surface area (Å²) < 4.78 is 26.0. The first kappa shape index (κ1) is 25.0. The van der Waals surface area contributed by atoms with E-state index in [-0.39, 0.29) is 12.5 Å². The van der Waals surface area contributed by atoms with Gasteiger partial charge in [0.15, 0.2) is 0 Å². The van der Waals surface area contributed by atoms with Crippen LogP contribution in [-0.2, 0) is 26.2 Å². The maximum absolute atomic E-state index is 13.3. The Morgan fingerprint density at radius 3 is 2.16 bits per heavy atom. The highest BCUT2D eigenvalue weighted by Crippen LogP contribution is 2.26. The average Bonchev–Trinajstić information content (AvgIpc) is 2.70. The number of carbonyl (C=O) groups is 2. The fraction of sp³-hybridized carbons (Fsp3) is 0.333. The van der Waals surface area contributed by atoms with Gasteiger partial charge in [-0.15, -0.1) is 0 Å². The highest BCUT2D eigenvalue weighted by Gasteiger charge is 2.30. The lowest BCUT2D eigenvalue weighted by Gasteiger charge is -2.31. The standard InChI is InChI=1S/C21H25Cl2N3O4S/c1-14-11-18(23)9-10-19(14)26(31(4,29)30)13-20(27)25(15(2)21(28)24-3)12-16-5-7-17(22)8-6-16/h5-11,15H,12-13H2,1-4H3,(H,24,28). The van der Waals surface area contributed by atoms with Crippen molar-refractivity contribution in [3.05, 3.63) is 63.6 Å². The van der Waals surface area contributed by atoms with E-state index < -0.39 is 28.5 Å². The molecule has 1 N–H and O–H groups in total. The Labute approximate surface area is 193 Å². The van der Waals surface area contributed by atoms with Crippen LogP contribution in [0.15, 0.2) is 42.5 Å². The number of nitrogens with zero attached hydrogens (tertiary/aromatic N) is 2. The second-order valence-corrected chi connectivity index (χ2v) is 9.92. The molecule has 0 aliphatic carbocycles. The van der Waals surface area contributed by atoms with Crippen LogP contribution in [0, 0.1) is 6.92 Å². The van der Waals surface area contributed by atoms with E-state index in [2.05, 4.69) is 5.32 Å². The largest absolute Gasteiger partial charge is 0.357 e. The van der Waals surface area contributed by atoms with Crippen LogP contribution in [0.4, 0.5) is 5.69 Å². The average molecular weight is 486 g/mol. The lowest BCUT2D eigenvalue weighted by Crippen LogP contribution is -2.50. The molecule has 168 valence electrons. The van der Waals surface area contributed by atoms with Crippen molar-refractivity contribution in [2.45, 2.75) is 26.4 Å². The molecule has 0 bridgehead atoms. The number of benzene rings is 2. The van der Waals surface area contributed by atoms with Crippen molar-refractivity contribution in [2.24, 2.45) is 0 Å². The smallest absolute Gasteiger partial charge is 0.244 e. The number of hydrogen-bond donors (Lipinski definition) is 1. The zero-order valence-electron chi connectivity index (χ0n) is 17.7. The van der Waals surface area contributed by atoms with Gasteiger partial charge in [0, 0.05) is 23.6 Å². The summed E-state index contributed by atoms with van der Waals surface area (Å²) in [6.45, 7) is 2.95. The number of carbonyl (C=O) groups excluding carboxylic acids is 2. The number of amides is 2. The second kappa shape index (κ2) is 10.3. The molecule has 2 aromatic carbocycles. The third-order valence-corrected chi connectivity index (χ3v) is 6.40. The maximum Gasteiger partial charge on any atom is 0.244 e. The number of likely N-dealkylation sites (N-methyl/N-ethyl adjacent to an activating group) is 1. The lowest BCUT2D eigenvalue weighted by atomic mass is 10.1. The Morgan fingerprint density at radius 2 is 1.65 bits per heavy atom. The fourth-order valence-electron chi connectivity index (χ4n) is 3.07. The first-order chi connectivity index (χ1) is 14.4. The van der Waals surface area contributed by atoms with Crippen LogP contribution >= 0.6 is 23.2 Å². The van der Waals surface area contributed by atoms with Crippen LogP contribution in [-0.4, -0.2) is 51.0 Å². The molecule has 7 nitrogen and oxygen atoms in total. The molecule has 0 aromatic heterocycles. The molecule has 0 saturated heterocycles. The normalized spacial score (nSPS) is 12.2. The number of rotatable bonds is 8. The van der Waals surface area contributed by atoms with Crippen molar-refractivity contribution in [1.29, 1.82) is 0 Å². The number of halogens is 2. The third kappa shape index (κ3) is 6.59. The van der Waals surface area contributed by atoms with Gasteiger partial charge < -0.3 is 10.2 Å².